The van der Waals surface area contributed by atoms with Gasteiger partial charge in [0.05, 0.1) is 5.56 Å². The van der Waals surface area contributed by atoms with Crippen LogP contribution in [0.3, 0.4) is 0 Å². The maximum absolute atomic E-state index is 10.0. The summed E-state index contributed by atoms with van der Waals surface area (Å²) >= 11 is 0. The van der Waals surface area contributed by atoms with Crippen LogP contribution in [0.4, 0.5) is 0 Å². The van der Waals surface area contributed by atoms with Crippen molar-refractivity contribution in [2.75, 3.05) is 0 Å². The number of aromatic hydroxyl groups is 1. The largest absolute Gasteiger partial charge is 0.507 e. The molecule has 0 heterocycles. The Morgan fingerprint density at radius 3 is 2.58 bits per heavy atom. The number of phenolic OH excluding ortho intramolecular Hbond substituents is 1. The van der Waals surface area contributed by atoms with Gasteiger partial charge in [0.25, 0.3) is 0 Å². The number of hydrogen-bond donors (Lipinski definition) is 2. The minimum Gasteiger partial charge on any atom is -0.507 e. The van der Waals surface area contributed by atoms with Crippen molar-refractivity contribution in [3.05, 3.63) is 29.8 Å². The van der Waals surface area contributed by atoms with Gasteiger partial charge in [0.15, 0.2) is 0 Å². The van der Waals surface area contributed by atoms with E-state index in [0.29, 0.717) is 5.56 Å². The highest BCUT2D eigenvalue weighted by atomic mass is 16.4. The molecule has 0 saturated heterocycles. The molecule has 12 heavy (non-hydrogen) atoms. The molecule has 3 nitrogen and oxygen atoms in total. The molecule has 1 aromatic rings. The van der Waals surface area contributed by atoms with E-state index in [9.17, 15) is 4.79 Å². The first-order valence-corrected chi connectivity index (χ1v) is 3.23. The van der Waals surface area contributed by atoms with Gasteiger partial charge in [0.2, 0.25) is 0 Å². The lowest BCUT2D eigenvalue weighted by Gasteiger charge is -1.92. The van der Waals surface area contributed by atoms with Crippen molar-refractivity contribution in [2.45, 2.75) is 0 Å². The summed E-state index contributed by atoms with van der Waals surface area (Å²) in [5, 5.41) is 17.3. The van der Waals surface area contributed by atoms with Crippen molar-refractivity contribution in [3.8, 4) is 17.6 Å². The van der Waals surface area contributed by atoms with E-state index in [-0.39, 0.29) is 5.75 Å². The topological polar surface area (TPSA) is 57.5 Å². The second kappa shape index (κ2) is 3.44. The molecule has 0 unspecified atom stereocenters. The molecule has 3 heteroatoms. The third-order valence-electron chi connectivity index (χ3n) is 1.21. The molecule has 0 fully saturated rings. The average Bonchev–Trinajstić information content (AvgIpc) is 2.03. The number of para-hydroxylation sites is 1. The third-order valence-corrected chi connectivity index (χ3v) is 1.21. The van der Waals surface area contributed by atoms with Crippen LogP contribution < -0.4 is 0 Å². The first kappa shape index (κ1) is 8.15. The van der Waals surface area contributed by atoms with Crippen molar-refractivity contribution >= 4 is 5.97 Å². The van der Waals surface area contributed by atoms with Crippen LogP contribution in [0.15, 0.2) is 24.3 Å². The second-order valence-electron chi connectivity index (χ2n) is 2.07. The van der Waals surface area contributed by atoms with Crippen molar-refractivity contribution < 1.29 is 15.0 Å². The summed E-state index contributed by atoms with van der Waals surface area (Å²) in [6.45, 7) is 0. The van der Waals surface area contributed by atoms with E-state index in [1.54, 1.807) is 18.2 Å². The molecule has 2 N–H and O–H groups in total. The summed E-state index contributed by atoms with van der Waals surface area (Å²) in [7, 11) is 0. The smallest absolute Gasteiger partial charge is 0.382 e. The van der Waals surface area contributed by atoms with Crippen molar-refractivity contribution in [1.29, 1.82) is 0 Å². The predicted molar refractivity (Wildman–Crippen MR) is 42.6 cm³/mol. The van der Waals surface area contributed by atoms with Crippen LogP contribution in [0.2, 0.25) is 0 Å². The summed E-state index contributed by atoms with van der Waals surface area (Å²) in [4.78, 5) is 10.0. The molecule has 0 amide bonds. The maximum Gasteiger partial charge on any atom is 0.382 e. The van der Waals surface area contributed by atoms with E-state index < -0.39 is 5.97 Å². The Balaban J connectivity index is 2.99. The van der Waals surface area contributed by atoms with E-state index in [1.165, 1.54) is 6.07 Å². The standard InChI is InChI=1S/C9H6O3/c10-8-4-2-1-3-7(8)5-6-9(11)12/h1-4,10H,(H,11,12). The SMILES string of the molecule is O=C(O)C#Cc1ccccc1O. The number of carboxylic acid groups (broad SMARTS) is 1. The Bertz CT molecular complexity index is 358. The number of carbonyl (C=O) groups is 1. The van der Waals surface area contributed by atoms with Crippen molar-refractivity contribution in [2.24, 2.45) is 0 Å². The predicted octanol–water partition coefficient (Wildman–Crippen LogP) is 0.828. The Kier molecular flexibility index (Phi) is 2.34. The van der Waals surface area contributed by atoms with Crippen LogP contribution in [0.5, 0.6) is 5.75 Å². The van der Waals surface area contributed by atoms with Crippen LogP contribution in [0.1, 0.15) is 5.56 Å². The Hall–Kier alpha value is -1.95. The van der Waals surface area contributed by atoms with Gasteiger partial charge in [-0.3, -0.25) is 0 Å². The van der Waals surface area contributed by atoms with Gasteiger partial charge in [-0.1, -0.05) is 18.1 Å². The van der Waals surface area contributed by atoms with E-state index in [0.717, 1.165) is 0 Å². The second-order valence-corrected chi connectivity index (χ2v) is 2.07. The van der Waals surface area contributed by atoms with Crippen molar-refractivity contribution in [3.63, 3.8) is 0 Å². The van der Waals surface area contributed by atoms with Crippen LogP contribution in [-0.4, -0.2) is 16.2 Å². The lowest BCUT2D eigenvalue weighted by molar-refractivity contribution is -0.130. The lowest BCUT2D eigenvalue weighted by atomic mass is 10.2. The molecule has 0 aliphatic heterocycles. The zero-order chi connectivity index (χ0) is 8.97. The highest BCUT2D eigenvalue weighted by molar-refractivity contribution is 5.87. The van der Waals surface area contributed by atoms with Gasteiger partial charge >= 0.3 is 5.97 Å². The Labute approximate surface area is 69.3 Å². The van der Waals surface area contributed by atoms with E-state index >= 15 is 0 Å². The molecule has 0 saturated carbocycles. The number of phenols is 1. The third kappa shape index (κ3) is 2.03. The maximum atomic E-state index is 10.0. The number of aliphatic carboxylic acids is 1. The summed E-state index contributed by atoms with van der Waals surface area (Å²) in [6, 6.07) is 6.31. The normalized spacial score (nSPS) is 8.33. The van der Waals surface area contributed by atoms with Gasteiger partial charge in [0.1, 0.15) is 5.75 Å². The fraction of sp³-hybridized carbons (Fsp3) is 0. The molecular formula is C9H6O3. The summed E-state index contributed by atoms with van der Waals surface area (Å²) in [5.41, 5.74) is 0.319. The fourth-order valence-corrected chi connectivity index (χ4v) is 0.700. The van der Waals surface area contributed by atoms with Gasteiger partial charge in [-0.25, -0.2) is 4.79 Å². The number of benzene rings is 1. The number of hydrogen-bond acceptors (Lipinski definition) is 2. The van der Waals surface area contributed by atoms with Gasteiger partial charge in [-0.15, -0.1) is 0 Å². The minimum atomic E-state index is -1.21. The highest BCUT2D eigenvalue weighted by Gasteiger charge is 1.93. The first-order valence-electron chi connectivity index (χ1n) is 3.23. The minimum absolute atomic E-state index is 0.00810. The molecule has 0 aliphatic carbocycles. The van der Waals surface area contributed by atoms with E-state index in [2.05, 4.69) is 5.92 Å². The molecule has 60 valence electrons. The molecule has 0 aromatic heterocycles. The molecule has 0 atom stereocenters. The summed E-state index contributed by atoms with van der Waals surface area (Å²) in [6.07, 6.45) is 0. The van der Waals surface area contributed by atoms with Crippen LogP contribution >= 0.6 is 0 Å². The molecule has 0 spiro atoms. The van der Waals surface area contributed by atoms with Gasteiger partial charge in [-0.2, -0.15) is 0 Å². The van der Waals surface area contributed by atoms with Crippen LogP contribution in [0, 0.1) is 11.8 Å². The molecule has 0 bridgehead atoms. The molecule has 0 radical (unpaired) electrons. The van der Waals surface area contributed by atoms with Gasteiger partial charge in [-0.05, 0) is 12.1 Å². The first-order chi connectivity index (χ1) is 5.70. The van der Waals surface area contributed by atoms with Gasteiger partial charge < -0.3 is 10.2 Å². The summed E-state index contributed by atoms with van der Waals surface area (Å²) < 4.78 is 0. The average molecular weight is 162 g/mol. The van der Waals surface area contributed by atoms with E-state index in [1.807, 2.05) is 5.92 Å². The quantitative estimate of drug-likeness (QED) is 0.555. The molecule has 1 aromatic carbocycles. The number of rotatable bonds is 0. The number of carboxylic acids is 1. The van der Waals surface area contributed by atoms with Crippen molar-refractivity contribution in [1.82, 2.24) is 0 Å². The van der Waals surface area contributed by atoms with E-state index in [4.69, 9.17) is 10.2 Å². The van der Waals surface area contributed by atoms with Gasteiger partial charge in [0, 0.05) is 5.92 Å². The Morgan fingerprint density at radius 2 is 2.00 bits per heavy atom. The molecule has 0 aliphatic rings. The zero-order valence-electron chi connectivity index (χ0n) is 6.11. The fourth-order valence-electron chi connectivity index (χ4n) is 0.700. The summed E-state index contributed by atoms with van der Waals surface area (Å²) in [5.74, 6) is 3.00. The van der Waals surface area contributed by atoms with Crippen LogP contribution in [-0.2, 0) is 4.79 Å². The zero-order valence-corrected chi connectivity index (χ0v) is 6.11. The van der Waals surface area contributed by atoms with Crippen LogP contribution in [0.25, 0.3) is 0 Å². The highest BCUT2D eigenvalue weighted by Crippen LogP contribution is 2.13. The monoisotopic (exact) mass is 162 g/mol. The molecular weight excluding hydrogens is 156 g/mol. The lowest BCUT2D eigenvalue weighted by Crippen LogP contribution is -1.87. The Morgan fingerprint density at radius 1 is 1.33 bits per heavy atom. The molecule has 1 rings (SSSR count).